The maximum absolute atomic E-state index is 6.34. The van der Waals surface area contributed by atoms with E-state index in [1.54, 1.807) is 0 Å². The molecule has 0 bridgehead atoms. The Balaban J connectivity index is 2.93. The van der Waals surface area contributed by atoms with Gasteiger partial charge in [0.2, 0.25) is 0 Å². The fourth-order valence-electron chi connectivity index (χ4n) is 1.94. The highest BCUT2D eigenvalue weighted by Crippen LogP contribution is 2.29. The first-order chi connectivity index (χ1) is 8.35. The first-order valence-electron chi connectivity index (χ1n) is 6.58. The molecule has 3 heteroatoms. The molecule has 0 fully saturated rings. The van der Waals surface area contributed by atoms with E-state index in [1.165, 1.54) is 5.56 Å². The van der Waals surface area contributed by atoms with Crippen LogP contribution in [0.4, 0.5) is 5.69 Å². The van der Waals surface area contributed by atoms with Gasteiger partial charge in [0, 0.05) is 25.7 Å². The van der Waals surface area contributed by atoms with Crippen LogP contribution in [-0.2, 0) is 6.54 Å². The molecule has 0 radical (unpaired) electrons. The predicted octanol–water partition coefficient (Wildman–Crippen LogP) is 4.07. The van der Waals surface area contributed by atoms with Gasteiger partial charge in [0.05, 0.1) is 10.7 Å². The highest BCUT2D eigenvalue weighted by atomic mass is 35.5. The van der Waals surface area contributed by atoms with Gasteiger partial charge in [-0.15, -0.1) is 0 Å². The molecule has 0 aliphatic heterocycles. The van der Waals surface area contributed by atoms with Gasteiger partial charge in [-0.25, -0.2) is 0 Å². The normalized spacial score (nSPS) is 11.7. The first-order valence-corrected chi connectivity index (χ1v) is 6.96. The molecule has 18 heavy (non-hydrogen) atoms. The molecule has 1 aromatic carbocycles. The van der Waals surface area contributed by atoms with E-state index >= 15 is 0 Å². The zero-order valence-corrected chi connectivity index (χ0v) is 12.9. The van der Waals surface area contributed by atoms with Crippen LogP contribution in [0.1, 0.15) is 39.7 Å². The van der Waals surface area contributed by atoms with Crippen LogP contribution in [0.3, 0.4) is 0 Å². The highest BCUT2D eigenvalue weighted by Gasteiger charge is 2.14. The topological polar surface area (TPSA) is 15.3 Å². The third kappa shape index (κ3) is 4.51. The third-order valence-electron chi connectivity index (χ3n) is 2.82. The molecule has 1 N–H and O–H groups in total. The van der Waals surface area contributed by atoms with Gasteiger partial charge >= 0.3 is 0 Å². The van der Waals surface area contributed by atoms with Crippen LogP contribution in [0.5, 0.6) is 0 Å². The minimum atomic E-state index is 0.114. The van der Waals surface area contributed by atoms with Gasteiger partial charge in [-0.2, -0.15) is 0 Å². The number of hydrogen-bond acceptors (Lipinski definition) is 2. The van der Waals surface area contributed by atoms with Crippen LogP contribution >= 0.6 is 11.6 Å². The summed E-state index contributed by atoms with van der Waals surface area (Å²) >= 11 is 6.34. The molecule has 0 saturated carbocycles. The van der Waals surface area contributed by atoms with Crippen molar-refractivity contribution in [1.82, 2.24) is 5.32 Å². The second-order valence-electron chi connectivity index (χ2n) is 5.77. The minimum Gasteiger partial charge on any atom is -0.373 e. The van der Waals surface area contributed by atoms with Crippen LogP contribution in [0, 0.1) is 0 Å². The summed E-state index contributed by atoms with van der Waals surface area (Å²) in [5.41, 5.74) is 2.52. The predicted molar refractivity (Wildman–Crippen MR) is 81.6 cm³/mol. The number of rotatable bonds is 5. The van der Waals surface area contributed by atoms with Crippen molar-refractivity contribution in [3.05, 3.63) is 28.8 Å². The Kier molecular flexibility index (Phi) is 5.48. The molecule has 0 aromatic heterocycles. The number of nitrogens with zero attached hydrogens (tertiary/aromatic N) is 1. The Labute approximate surface area is 116 Å². The van der Waals surface area contributed by atoms with E-state index in [4.69, 9.17) is 11.6 Å². The van der Waals surface area contributed by atoms with Crippen molar-refractivity contribution in [1.29, 1.82) is 0 Å². The Hall–Kier alpha value is -0.730. The van der Waals surface area contributed by atoms with Gasteiger partial charge in [0.1, 0.15) is 0 Å². The summed E-state index contributed by atoms with van der Waals surface area (Å²) in [6, 6.07) is 6.13. The fraction of sp³-hybridized carbons (Fsp3) is 0.600. The van der Waals surface area contributed by atoms with Crippen LogP contribution < -0.4 is 10.2 Å². The van der Waals surface area contributed by atoms with Gasteiger partial charge < -0.3 is 10.2 Å². The number of nitrogens with one attached hydrogen (secondary N) is 1. The van der Waals surface area contributed by atoms with Crippen molar-refractivity contribution in [2.24, 2.45) is 0 Å². The summed E-state index contributed by atoms with van der Waals surface area (Å²) in [5.74, 6) is 0. The lowest BCUT2D eigenvalue weighted by Gasteiger charge is -2.26. The number of para-hydroxylation sites is 1. The van der Waals surface area contributed by atoms with Crippen LogP contribution in [-0.4, -0.2) is 19.1 Å². The average Bonchev–Trinajstić information content (AvgIpc) is 2.25. The molecule has 1 rings (SSSR count). The number of benzene rings is 1. The largest absolute Gasteiger partial charge is 0.373 e. The minimum absolute atomic E-state index is 0.114. The summed E-state index contributed by atoms with van der Waals surface area (Å²) in [4.78, 5) is 2.24. The highest BCUT2D eigenvalue weighted by molar-refractivity contribution is 6.33. The average molecular weight is 269 g/mol. The monoisotopic (exact) mass is 268 g/mol. The SMILES string of the molecule is CCCN(C)c1c(Cl)cccc1CNC(C)(C)C. The summed E-state index contributed by atoms with van der Waals surface area (Å²) in [5, 5.41) is 4.35. The number of hydrogen-bond donors (Lipinski definition) is 1. The van der Waals surface area contributed by atoms with Crippen LogP contribution in [0.25, 0.3) is 0 Å². The Bertz CT molecular complexity index is 383. The van der Waals surface area contributed by atoms with Crippen LogP contribution in [0.15, 0.2) is 18.2 Å². The molecule has 1 aromatic rings. The molecular weight excluding hydrogens is 244 g/mol. The van der Waals surface area contributed by atoms with Gasteiger partial charge in [0.25, 0.3) is 0 Å². The molecule has 0 atom stereocenters. The maximum Gasteiger partial charge on any atom is 0.0642 e. The Morgan fingerprint density at radius 2 is 1.94 bits per heavy atom. The summed E-state index contributed by atoms with van der Waals surface area (Å²) in [6.45, 7) is 10.6. The molecule has 0 heterocycles. The van der Waals surface area contributed by atoms with Crippen LogP contribution in [0.2, 0.25) is 5.02 Å². The Morgan fingerprint density at radius 3 is 2.50 bits per heavy atom. The second kappa shape index (κ2) is 6.44. The molecular formula is C15H25ClN2. The van der Waals surface area contributed by atoms with Crippen molar-refractivity contribution in [3.63, 3.8) is 0 Å². The molecule has 0 amide bonds. The van der Waals surface area contributed by atoms with E-state index in [0.717, 1.165) is 30.2 Å². The van der Waals surface area contributed by atoms with Crippen molar-refractivity contribution in [2.45, 2.75) is 46.2 Å². The zero-order valence-electron chi connectivity index (χ0n) is 12.2. The van der Waals surface area contributed by atoms with Crippen molar-refractivity contribution < 1.29 is 0 Å². The Morgan fingerprint density at radius 1 is 1.28 bits per heavy atom. The lowest BCUT2D eigenvalue weighted by atomic mass is 10.1. The van der Waals surface area contributed by atoms with Gasteiger partial charge in [-0.1, -0.05) is 30.7 Å². The molecule has 0 saturated heterocycles. The fourth-order valence-corrected chi connectivity index (χ4v) is 2.28. The lowest BCUT2D eigenvalue weighted by Crippen LogP contribution is -2.35. The first kappa shape index (κ1) is 15.3. The van der Waals surface area contributed by atoms with Crippen molar-refractivity contribution >= 4 is 17.3 Å². The molecule has 2 nitrogen and oxygen atoms in total. The molecule has 0 aliphatic carbocycles. The molecule has 0 aliphatic rings. The van der Waals surface area contributed by atoms with Gasteiger partial charge in [0.15, 0.2) is 0 Å². The zero-order chi connectivity index (χ0) is 13.8. The lowest BCUT2D eigenvalue weighted by molar-refractivity contribution is 0.424. The standard InChI is InChI=1S/C15H25ClN2/c1-6-10-18(5)14-12(8-7-9-13(14)16)11-17-15(2,3)4/h7-9,17H,6,10-11H2,1-5H3. The molecule has 102 valence electrons. The van der Waals surface area contributed by atoms with E-state index in [1.807, 2.05) is 12.1 Å². The summed E-state index contributed by atoms with van der Waals surface area (Å²) in [6.07, 6.45) is 1.12. The van der Waals surface area contributed by atoms with E-state index in [9.17, 15) is 0 Å². The second-order valence-corrected chi connectivity index (χ2v) is 6.18. The van der Waals surface area contributed by atoms with E-state index in [0.29, 0.717) is 0 Å². The van der Waals surface area contributed by atoms with Gasteiger partial charge in [-0.05, 0) is 38.8 Å². The molecule has 0 spiro atoms. The maximum atomic E-state index is 6.34. The smallest absolute Gasteiger partial charge is 0.0642 e. The van der Waals surface area contributed by atoms with Crippen molar-refractivity contribution in [2.75, 3.05) is 18.5 Å². The summed E-state index contributed by atoms with van der Waals surface area (Å²) in [7, 11) is 2.10. The van der Waals surface area contributed by atoms with E-state index in [2.05, 4.69) is 51.0 Å². The van der Waals surface area contributed by atoms with E-state index < -0.39 is 0 Å². The number of anilines is 1. The van der Waals surface area contributed by atoms with E-state index in [-0.39, 0.29) is 5.54 Å². The third-order valence-corrected chi connectivity index (χ3v) is 3.13. The quantitative estimate of drug-likeness (QED) is 0.866. The van der Waals surface area contributed by atoms with Gasteiger partial charge in [-0.3, -0.25) is 0 Å². The number of halogens is 1. The summed E-state index contributed by atoms with van der Waals surface area (Å²) < 4.78 is 0. The molecule has 0 unspecified atom stereocenters. The van der Waals surface area contributed by atoms with Crippen molar-refractivity contribution in [3.8, 4) is 0 Å².